The van der Waals surface area contributed by atoms with Crippen molar-refractivity contribution < 1.29 is 45.7 Å². The van der Waals surface area contributed by atoms with Crippen LogP contribution >= 0.6 is 0 Å². The van der Waals surface area contributed by atoms with Gasteiger partial charge in [0.05, 0.1) is 23.7 Å². The molecule has 186 valence electrons. The molecule has 3 heterocycles. The Morgan fingerprint density at radius 2 is 1.94 bits per heavy atom. The van der Waals surface area contributed by atoms with E-state index in [9.17, 15) is 31.4 Å². The number of aromatic nitrogens is 3. The van der Waals surface area contributed by atoms with Gasteiger partial charge in [-0.1, -0.05) is 6.07 Å². The zero-order chi connectivity index (χ0) is 25.1. The Kier molecular flexibility index (Phi) is 5.34. The van der Waals surface area contributed by atoms with Crippen molar-refractivity contribution in [2.24, 2.45) is 0 Å². The molecule has 2 atom stereocenters. The minimum Gasteiger partial charge on any atom is -0.481 e. The Labute approximate surface area is 193 Å². The van der Waals surface area contributed by atoms with Crippen LogP contribution in [0.4, 0.5) is 26.3 Å². The number of ether oxygens (including phenoxy) is 3. The van der Waals surface area contributed by atoms with Crippen molar-refractivity contribution in [2.75, 3.05) is 0 Å². The number of pyridine rings is 1. The molecule has 0 unspecified atom stereocenters. The average Bonchev–Trinajstić information content (AvgIpc) is 3.31. The number of aliphatic hydroxyl groups is 1. The van der Waals surface area contributed by atoms with Crippen molar-refractivity contribution in [1.29, 1.82) is 0 Å². The Bertz CT molecular complexity index is 1290. The molecular formula is C22H17F6N3O4. The number of fused-ring (bicyclic) bond motifs is 2. The molecule has 0 spiro atoms. The van der Waals surface area contributed by atoms with E-state index >= 15 is 0 Å². The standard InChI is InChI=1S/C22H17F6N3O4/c1-10(11-5-6-15-16(7-11)35-22(27,28)34-15)33-17-8-12(9-29-20(17)23)31-18-13(3-2-4-14(18)32)19(30-31)21(24,25)26/h5-10,14,32H,2-4H2,1H3/t10-,14+/m0/s1. The predicted octanol–water partition coefficient (Wildman–Crippen LogP) is 5.26. The third-order valence-electron chi connectivity index (χ3n) is 5.75. The summed E-state index contributed by atoms with van der Waals surface area (Å²) in [4.78, 5) is 3.57. The van der Waals surface area contributed by atoms with E-state index in [4.69, 9.17) is 4.74 Å². The van der Waals surface area contributed by atoms with E-state index in [-0.39, 0.29) is 41.3 Å². The van der Waals surface area contributed by atoms with Crippen LogP contribution < -0.4 is 14.2 Å². The second-order valence-electron chi connectivity index (χ2n) is 8.15. The van der Waals surface area contributed by atoms with Crippen LogP contribution in [0.5, 0.6) is 17.2 Å². The Hall–Kier alpha value is -3.48. The summed E-state index contributed by atoms with van der Waals surface area (Å²) in [5, 5.41) is 14.0. The van der Waals surface area contributed by atoms with Crippen molar-refractivity contribution in [3.8, 4) is 22.9 Å². The summed E-state index contributed by atoms with van der Waals surface area (Å²) in [7, 11) is 0. The van der Waals surface area contributed by atoms with Crippen LogP contribution in [0.2, 0.25) is 0 Å². The molecule has 2 aliphatic rings. The largest absolute Gasteiger partial charge is 0.586 e. The van der Waals surface area contributed by atoms with Crippen LogP contribution in [0.1, 0.15) is 54.5 Å². The molecule has 0 saturated heterocycles. The van der Waals surface area contributed by atoms with Crippen LogP contribution in [0, 0.1) is 5.95 Å². The zero-order valence-corrected chi connectivity index (χ0v) is 17.9. The average molecular weight is 501 g/mol. The summed E-state index contributed by atoms with van der Waals surface area (Å²) in [6.45, 7) is 1.50. The zero-order valence-electron chi connectivity index (χ0n) is 17.9. The number of benzene rings is 1. The molecule has 1 aliphatic carbocycles. The van der Waals surface area contributed by atoms with Crippen molar-refractivity contribution in [3.63, 3.8) is 0 Å². The summed E-state index contributed by atoms with van der Waals surface area (Å²) in [6, 6.07) is 5.01. The first kappa shape index (κ1) is 23.3. The fourth-order valence-electron chi connectivity index (χ4n) is 4.18. The van der Waals surface area contributed by atoms with Crippen LogP contribution in [0.15, 0.2) is 30.5 Å². The number of hydrogen-bond donors (Lipinski definition) is 1. The number of halogens is 6. The lowest BCUT2D eigenvalue weighted by molar-refractivity contribution is -0.286. The third kappa shape index (κ3) is 4.24. The smallest absolute Gasteiger partial charge is 0.481 e. The third-order valence-corrected chi connectivity index (χ3v) is 5.75. The highest BCUT2D eigenvalue weighted by atomic mass is 19.4. The van der Waals surface area contributed by atoms with Gasteiger partial charge in [0.15, 0.2) is 22.9 Å². The van der Waals surface area contributed by atoms with Gasteiger partial charge in [0.1, 0.15) is 6.10 Å². The normalized spacial score (nSPS) is 19.4. The maximum absolute atomic E-state index is 14.5. The first-order valence-corrected chi connectivity index (χ1v) is 10.5. The van der Waals surface area contributed by atoms with E-state index in [1.54, 1.807) is 0 Å². The van der Waals surface area contributed by atoms with Gasteiger partial charge in [-0.3, -0.25) is 0 Å². The van der Waals surface area contributed by atoms with Gasteiger partial charge in [0.2, 0.25) is 0 Å². The maximum Gasteiger partial charge on any atom is 0.586 e. The van der Waals surface area contributed by atoms with Gasteiger partial charge in [-0.05, 0) is 43.9 Å². The van der Waals surface area contributed by atoms with Gasteiger partial charge in [0.25, 0.3) is 5.95 Å². The Morgan fingerprint density at radius 1 is 1.20 bits per heavy atom. The van der Waals surface area contributed by atoms with E-state index in [2.05, 4.69) is 19.6 Å². The molecule has 3 aromatic rings. The molecule has 0 radical (unpaired) electrons. The number of nitrogens with zero attached hydrogens (tertiary/aromatic N) is 3. The highest BCUT2D eigenvalue weighted by Gasteiger charge is 2.44. The van der Waals surface area contributed by atoms with Gasteiger partial charge in [-0.15, -0.1) is 8.78 Å². The molecule has 35 heavy (non-hydrogen) atoms. The molecule has 2 aromatic heterocycles. The van der Waals surface area contributed by atoms with Crippen molar-refractivity contribution in [2.45, 2.75) is 50.9 Å². The second-order valence-corrected chi connectivity index (χ2v) is 8.15. The van der Waals surface area contributed by atoms with Gasteiger partial charge in [0, 0.05) is 11.6 Å². The van der Waals surface area contributed by atoms with Crippen LogP contribution in [-0.4, -0.2) is 26.2 Å². The van der Waals surface area contributed by atoms with Gasteiger partial charge < -0.3 is 19.3 Å². The van der Waals surface area contributed by atoms with E-state index < -0.39 is 42.1 Å². The molecule has 0 bridgehead atoms. The summed E-state index contributed by atoms with van der Waals surface area (Å²) in [6.07, 6.45) is -8.98. The SMILES string of the molecule is C[C@H](Oc1cc(-n2nc(C(F)(F)F)c3c2[C@H](O)CCC3)cnc1F)c1ccc2c(c1)OC(F)(F)O2. The molecule has 1 N–H and O–H groups in total. The Morgan fingerprint density at radius 3 is 2.69 bits per heavy atom. The molecule has 13 heteroatoms. The van der Waals surface area contributed by atoms with Gasteiger partial charge >= 0.3 is 12.5 Å². The number of aliphatic hydroxyl groups excluding tert-OH is 1. The number of alkyl halides is 5. The van der Waals surface area contributed by atoms with E-state index in [0.29, 0.717) is 12.0 Å². The molecule has 5 rings (SSSR count). The topological polar surface area (TPSA) is 78.6 Å². The molecule has 0 amide bonds. The molecule has 1 aromatic carbocycles. The van der Waals surface area contributed by atoms with Crippen LogP contribution in [0.25, 0.3) is 5.69 Å². The summed E-state index contributed by atoms with van der Waals surface area (Å²) in [5.41, 5.74) is -0.988. The van der Waals surface area contributed by atoms with E-state index in [1.165, 1.54) is 25.1 Å². The van der Waals surface area contributed by atoms with Crippen LogP contribution in [-0.2, 0) is 12.6 Å². The highest BCUT2D eigenvalue weighted by molar-refractivity contribution is 5.46. The summed E-state index contributed by atoms with van der Waals surface area (Å²) >= 11 is 0. The highest BCUT2D eigenvalue weighted by Crippen LogP contribution is 2.43. The fraction of sp³-hybridized carbons (Fsp3) is 0.364. The van der Waals surface area contributed by atoms with E-state index in [0.717, 1.165) is 16.9 Å². The van der Waals surface area contributed by atoms with E-state index in [1.807, 2.05) is 0 Å². The van der Waals surface area contributed by atoms with Crippen molar-refractivity contribution in [3.05, 3.63) is 58.9 Å². The first-order chi connectivity index (χ1) is 16.4. The van der Waals surface area contributed by atoms with Crippen LogP contribution in [0.3, 0.4) is 0 Å². The summed E-state index contributed by atoms with van der Waals surface area (Å²) in [5.74, 6) is -1.87. The molecule has 7 nitrogen and oxygen atoms in total. The lowest BCUT2D eigenvalue weighted by atomic mass is 9.93. The van der Waals surface area contributed by atoms with Crippen molar-refractivity contribution in [1.82, 2.24) is 14.8 Å². The number of rotatable bonds is 4. The van der Waals surface area contributed by atoms with Crippen molar-refractivity contribution >= 4 is 0 Å². The first-order valence-electron chi connectivity index (χ1n) is 10.5. The molecule has 0 fully saturated rings. The van der Waals surface area contributed by atoms with Gasteiger partial charge in [-0.25, -0.2) is 9.67 Å². The second kappa shape index (κ2) is 8.04. The minimum atomic E-state index is -4.75. The lowest BCUT2D eigenvalue weighted by Gasteiger charge is -2.21. The summed E-state index contributed by atoms with van der Waals surface area (Å²) < 4.78 is 96.9. The predicted molar refractivity (Wildman–Crippen MR) is 106 cm³/mol. The lowest BCUT2D eigenvalue weighted by Crippen LogP contribution is -2.25. The monoisotopic (exact) mass is 501 g/mol. The quantitative estimate of drug-likeness (QED) is 0.389. The van der Waals surface area contributed by atoms with Gasteiger partial charge in [-0.2, -0.15) is 22.7 Å². The fourth-order valence-corrected chi connectivity index (χ4v) is 4.18. The molecule has 0 saturated carbocycles. The molecule has 1 aliphatic heterocycles. The molecular weight excluding hydrogens is 484 g/mol. The minimum absolute atomic E-state index is 0.0346. The maximum atomic E-state index is 14.5. The Balaban J connectivity index is 1.48. The number of hydrogen-bond acceptors (Lipinski definition) is 6.